The van der Waals surface area contributed by atoms with Gasteiger partial charge in [-0.3, -0.25) is 9.59 Å². The molecule has 9 heteroatoms. The smallest absolute Gasteiger partial charge is 0.251 e. The summed E-state index contributed by atoms with van der Waals surface area (Å²) in [6.07, 6.45) is 11.2. The van der Waals surface area contributed by atoms with E-state index in [1.54, 1.807) is 31.3 Å². The lowest BCUT2D eigenvalue weighted by atomic mass is 9.91. The Morgan fingerprint density at radius 3 is 2.62 bits per heavy atom. The summed E-state index contributed by atoms with van der Waals surface area (Å²) in [6.45, 7) is 4.62. The van der Waals surface area contributed by atoms with Gasteiger partial charge in [-0.2, -0.15) is 4.98 Å². The van der Waals surface area contributed by atoms with E-state index in [1.165, 1.54) is 32.1 Å². The number of carbonyl (C=O) groups excluding carboxylic acids is 2. The summed E-state index contributed by atoms with van der Waals surface area (Å²) in [7, 11) is 3.40. The number of fused-ring (bicyclic) bond motifs is 3. The van der Waals surface area contributed by atoms with E-state index in [1.807, 2.05) is 26.0 Å². The van der Waals surface area contributed by atoms with Crippen molar-refractivity contribution in [2.24, 2.45) is 17.3 Å². The molecule has 2 aromatic rings. The van der Waals surface area contributed by atoms with Crippen LogP contribution in [0.1, 0.15) is 75.6 Å². The lowest BCUT2D eigenvalue weighted by molar-refractivity contribution is -0.125. The molecular weight excluding hydrogens is 492 g/mol. The number of benzene rings is 1. The Kier molecular flexibility index (Phi) is 6.63. The number of nitrogens with zero attached hydrogens (tertiary/aromatic N) is 4. The Morgan fingerprint density at radius 2 is 1.92 bits per heavy atom. The van der Waals surface area contributed by atoms with Gasteiger partial charge in [0.25, 0.3) is 5.91 Å². The topological polar surface area (TPSA) is 99.7 Å². The molecule has 2 bridgehead atoms. The highest BCUT2D eigenvalue weighted by Gasteiger charge is 2.42. The van der Waals surface area contributed by atoms with Crippen molar-refractivity contribution in [2.75, 3.05) is 35.8 Å². The number of ether oxygens (including phenoxy) is 1. The lowest BCUT2D eigenvalue weighted by Crippen LogP contribution is -2.45. The molecular formula is C30H40N6O3. The van der Waals surface area contributed by atoms with E-state index in [0.717, 1.165) is 36.7 Å². The molecule has 1 aromatic carbocycles. The summed E-state index contributed by atoms with van der Waals surface area (Å²) in [5.74, 6) is 3.16. The normalized spacial score (nSPS) is 25.9. The fourth-order valence-corrected chi connectivity index (χ4v) is 7.25. The molecule has 3 aliphatic carbocycles. The average molecular weight is 533 g/mol. The Balaban J connectivity index is 1.25. The number of nitrogens with one attached hydrogen (secondary N) is 2. The predicted octanol–water partition coefficient (Wildman–Crippen LogP) is 4.90. The van der Waals surface area contributed by atoms with E-state index in [9.17, 15) is 9.59 Å². The summed E-state index contributed by atoms with van der Waals surface area (Å²) in [5, 5.41) is 6.56. The van der Waals surface area contributed by atoms with Gasteiger partial charge in [0, 0.05) is 31.2 Å². The van der Waals surface area contributed by atoms with Crippen LogP contribution >= 0.6 is 0 Å². The Labute approximate surface area is 230 Å². The van der Waals surface area contributed by atoms with Crippen LogP contribution in [0.3, 0.4) is 0 Å². The Bertz CT molecular complexity index is 1270. The van der Waals surface area contributed by atoms with Gasteiger partial charge in [-0.15, -0.1) is 0 Å². The van der Waals surface area contributed by atoms with E-state index in [4.69, 9.17) is 9.72 Å². The van der Waals surface area contributed by atoms with Gasteiger partial charge in [-0.25, -0.2) is 4.98 Å². The van der Waals surface area contributed by atoms with Gasteiger partial charge in [0.05, 0.1) is 24.4 Å². The third-order valence-electron chi connectivity index (χ3n) is 9.36. The molecule has 3 unspecified atom stereocenters. The molecule has 4 aliphatic rings. The van der Waals surface area contributed by atoms with Crippen LogP contribution in [-0.2, 0) is 4.79 Å². The average Bonchev–Trinajstić information content (AvgIpc) is 3.69. The van der Waals surface area contributed by atoms with Crippen molar-refractivity contribution in [1.82, 2.24) is 15.3 Å². The summed E-state index contributed by atoms with van der Waals surface area (Å²) >= 11 is 0. The zero-order valence-corrected chi connectivity index (χ0v) is 23.5. The SMILES string of the molecule is COc1cc(C(=O)NC2CC3CCC2C3)ccc1Nc1ncc2c(n1)N(C1CCCC1)CC(C)(C)C(=O)N2C. The maximum absolute atomic E-state index is 13.3. The van der Waals surface area contributed by atoms with Gasteiger partial charge < -0.3 is 25.2 Å². The Morgan fingerprint density at radius 1 is 1.13 bits per heavy atom. The number of hydrogen-bond donors (Lipinski definition) is 2. The number of hydrogen-bond acceptors (Lipinski definition) is 7. The third-order valence-corrected chi connectivity index (χ3v) is 9.36. The van der Waals surface area contributed by atoms with Crippen molar-refractivity contribution in [3.63, 3.8) is 0 Å². The van der Waals surface area contributed by atoms with Crippen LogP contribution in [0, 0.1) is 17.3 Å². The first-order valence-electron chi connectivity index (χ1n) is 14.4. The molecule has 2 N–H and O–H groups in total. The van der Waals surface area contributed by atoms with Crippen molar-refractivity contribution in [2.45, 2.75) is 77.3 Å². The summed E-state index contributed by atoms with van der Waals surface area (Å²) < 4.78 is 5.66. The van der Waals surface area contributed by atoms with Crippen molar-refractivity contribution >= 4 is 35.0 Å². The summed E-state index contributed by atoms with van der Waals surface area (Å²) in [4.78, 5) is 39.8. The molecule has 0 radical (unpaired) electrons. The lowest BCUT2D eigenvalue weighted by Gasteiger charge is -2.34. The van der Waals surface area contributed by atoms with E-state index >= 15 is 0 Å². The highest BCUT2D eigenvalue weighted by Crippen LogP contribution is 2.45. The first kappa shape index (κ1) is 25.9. The maximum atomic E-state index is 13.3. The fraction of sp³-hybridized carbons (Fsp3) is 0.600. The second-order valence-corrected chi connectivity index (χ2v) is 12.5. The first-order valence-corrected chi connectivity index (χ1v) is 14.4. The molecule has 2 amide bonds. The van der Waals surface area contributed by atoms with E-state index in [2.05, 4.69) is 20.5 Å². The monoisotopic (exact) mass is 532 g/mol. The van der Waals surface area contributed by atoms with Crippen LogP contribution in [0.4, 0.5) is 23.1 Å². The van der Waals surface area contributed by atoms with Crippen LogP contribution in [0.15, 0.2) is 24.4 Å². The minimum Gasteiger partial charge on any atom is -0.495 e. The van der Waals surface area contributed by atoms with Crippen molar-refractivity contribution in [3.05, 3.63) is 30.0 Å². The maximum Gasteiger partial charge on any atom is 0.251 e. The van der Waals surface area contributed by atoms with Crippen LogP contribution in [0.2, 0.25) is 0 Å². The highest BCUT2D eigenvalue weighted by atomic mass is 16.5. The number of methoxy groups -OCH3 is 1. The van der Waals surface area contributed by atoms with Crippen LogP contribution < -0.4 is 25.2 Å². The molecule has 0 saturated heterocycles. The van der Waals surface area contributed by atoms with E-state index in [-0.39, 0.29) is 17.9 Å². The molecule has 9 nitrogen and oxygen atoms in total. The summed E-state index contributed by atoms with van der Waals surface area (Å²) in [6, 6.07) is 6.07. The number of anilines is 4. The van der Waals surface area contributed by atoms with E-state index in [0.29, 0.717) is 41.5 Å². The number of rotatable bonds is 6. The number of carbonyl (C=O) groups is 2. The largest absolute Gasteiger partial charge is 0.495 e. The van der Waals surface area contributed by atoms with Gasteiger partial charge in [-0.1, -0.05) is 19.3 Å². The predicted molar refractivity (Wildman–Crippen MR) is 152 cm³/mol. The van der Waals surface area contributed by atoms with Crippen molar-refractivity contribution in [1.29, 1.82) is 0 Å². The first-order chi connectivity index (χ1) is 18.7. The molecule has 3 fully saturated rings. The number of amides is 2. The molecule has 1 aromatic heterocycles. The van der Waals surface area contributed by atoms with E-state index < -0.39 is 5.41 Å². The minimum atomic E-state index is -0.538. The second kappa shape index (κ2) is 9.99. The Hall–Kier alpha value is -3.36. The molecule has 3 saturated carbocycles. The second-order valence-electron chi connectivity index (χ2n) is 12.5. The summed E-state index contributed by atoms with van der Waals surface area (Å²) in [5.41, 5.74) is 1.45. The van der Waals surface area contributed by atoms with Crippen LogP contribution in [0.25, 0.3) is 0 Å². The quantitative estimate of drug-likeness (QED) is 0.546. The van der Waals surface area contributed by atoms with Crippen molar-refractivity contribution in [3.8, 4) is 5.75 Å². The molecule has 208 valence electrons. The molecule has 3 atom stereocenters. The van der Waals surface area contributed by atoms with Gasteiger partial charge in [0.1, 0.15) is 11.4 Å². The highest BCUT2D eigenvalue weighted by molar-refractivity contribution is 6.01. The fourth-order valence-electron chi connectivity index (χ4n) is 7.25. The zero-order chi connectivity index (χ0) is 27.3. The van der Waals surface area contributed by atoms with Crippen LogP contribution in [0.5, 0.6) is 5.75 Å². The zero-order valence-electron chi connectivity index (χ0n) is 23.5. The van der Waals surface area contributed by atoms with Crippen molar-refractivity contribution < 1.29 is 14.3 Å². The number of aromatic nitrogens is 2. The van der Waals surface area contributed by atoms with Gasteiger partial charge in [-0.05, 0) is 76.0 Å². The molecule has 2 heterocycles. The van der Waals surface area contributed by atoms with Crippen LogP contribution in [-0.4, -0.2) is 54.6 Å². The minimum absolute atomic E-state index is 0.0544. The van der Waals surface area contributed by atoms with Gasteiger partial charge in [0.15, 0.2) is 5.82 Å². The molecule has 6 rings (SSSR count). The van der Waals surface area contributed by atoms with Gasteiger partial charge >= 0.3 is 0 Å². The van der Waals surface area contributed by atoms with Gasteiger partial charge in [0.2, 0.25) is 11.9 Å². The molecule has 39 heavy (non-hydrogen) atoms. The molecule has 0 spiro atoms. The molecule has 1 aliphatic heterocycles. The third kappa shape index (κ3) is 4.80. The standard InChI is InChI=1S/C30H40N6O3/c1-30(2)17-36(21-7-5-6-8-21)26-24(35(3)28(30)38)16-31-29(34-26)33-22-12-11-20(15-25(22)39-4)27(37)32-23-14-18-9-10-19(23)13-18/h11-12,15-16,18-19,21,23H,5-10,13-14,17H2,1-4H3,(H,32,37)(H,31,33,34).